The van der Waals surface area contributed by atoms with Crippen molar-refractivity contribution in [2.75, 3.05) is 37.6 Å². The third-order valence-electron chi connectivity index (χ3n) is 5.29. The molecular formula is C15H22N4OS. The van der Waals surface area contributed by atoms with Crippen molar-refractivity contribution in [1.82, 2.24) is 15.2 Å². The second-order valence-electron chi connectivity index (χ2n) is 6.37. The molecule has 3 fully saturated rings. The molecule has 114 valence electrons. The number of hydrogen-bond donors (Lipinski definition) is 1. The van der Waals surface area contributed by atoms with Crippen molar-refractivity contribution in [3.8, 4) is 0 Å². The number of nitrogens with zero attached hydrogens (tertiary/aromatic N) is 3. The van der Waals surface area contributed by atoms with E-state index in [1.165, 1.54) is 19.3 Å². The maximum absolute atomic E-state index is 12.8. The molecule has 1 aromatic heterocycles. The average molecular weight is 306 g/mol. The van der Waals surface area contributed by atoms with Gasteiger partial charge in [0.05, 0.1) is 6.04 Å². The number of nitrogens with one attached hydrogen (secondary N) is 1. The summed E-state index contributed by atoms with van der Waals surface area (Å²) in [5.74, 6) is 1.67. The first-order chi connectivity index (χ1) is 10.3. The standard InChI is InChI=1S/C15H22N4OS/c20-14(13-12-3-1-2-11(12)10-17-13)18-5-7-19(8-6-18)15-16-4-9-21-15/h4,9,11-13,17H,1-3,5-8,10H2. The van der Waals surface area contributed by atoms with Crippen LogP contribution in [0.15, 0.2) is 11.6 Å². The highest BCUT2D eigenvalue weighted by molar-refractivity contribution is 7.13. The second-order valence-corrected chi connectivity index (χ2v) is 7.24. The fourth-order valence-corrected chi connectivity index (χ4v) is 4.84. The number of anilines is 1. The summed E-state index contributed by atoms with van der Waals surface area (Å²) in [4.78, 5) is 21.5. The van der Waals surface area contributed by atoms with E-state index in [-0.39, 0.29) is 6.04 Å². The number of thiazole rings is 1. The quantitative estimate of drug-likeness (QED) is 0.891. The highest BCUT2D eigenvalue weighted by Gasteiger charge is 2.44. The van der Waals surface area contributed by atoms with Crippen molar-refractivity contribution in [3.05, 3.63) is 11.6 Å². The van der Waals surface area contributed by atoms with Crippen LogP contribution in [0.25, 0.3) is 0 Å². The minimum Gasteiger partial charge on any atom is -0.345 e. The third-order valence-corrected chi connectivity index (χ3v) is 6.13. The molecule has 2 aliphatic heterocycles. The molecule has 2 saturated heterocycles. The maximum atomic E-state index is 12.8. The molecule has 3 aliphatic rings. The van der Waals surface area contributed by atoms with E-state index in [0.29, 0.717) is 11.8 Å². The van der Waals surface area contributed by atoms with E-state index in [1.807, 2.05) is 11.6 Å². The zero-order valence-electron chi connectivity index (χ0n) is 12.2. The summed E-state index contributed by atoms with van der Waals surface area (Å²) in [7, 11) is 0. The normalized spacial score (nSPS) is 32.5. The number of aromatic nitrogens is 1. The molecule has 1 amide bonds. The van der Waals surface area contributed by atoms with Crippen LogP contribution in [0.3, 0.4) is 0 Å². The number of fused-ring (bicyclic) bond motifs is 1. The summed E-state index contributed by atoms with van der Waals surface area (Å²) in [6, 6.07) is 0.0870. The van der Waals surface area contributed by atoms with Crippen LogP contribution in [0.1, 0.15) is 19.3 Å². The Hall–Kier alpha value is -1.14. The molecule has 21 heavy (non-hydrogen) atoms. The van der Waals surface area contributed by atoms with Crippen LogP contribution >= 0.6 is 11.3 Å². The molecular weight excluding hydrogens is 284 g/mol. The van der Waals surface area contributed by atoms with Crippen molar-refractivity contribution in [3.63, 3.8) is 0 Å². The second kappa shape index (κ2) is 5.57. The minimum atomic E-state index is 0.0870. The molecule has 1 aliphatic carbocycles. The van der Waals surface area contributed by atoms with Crippen molar-refractivity contribution in [1.29, 1.82) is 0 Å². The first-order valence-corrected chi connectivity index (χ1v) is 8.87. The third kappa shape index (κ3) is 2.44. The van der Waals surface area contributed by atoms with Crippen molar-refractivity contribution < 1.29 is 4.79 Å². The Bertz CT molecular complexity index is 498. The summed E-state index contributed by atoms with van der Waals surface area (Å²) in [5.41, 5.74) is 0. The van der Waals surface area contributed by atoms with Crippen LogP contribution < -0.4 is 10.2 Å². The molecule has 0 aromatic carbocycles. The first-order valence-electron chi connectivity index (χ1n) is 7.99. The Kier molecular flexibility index (Phi) is 3.59. The first kappa shape index (κ1) is 13.5. The lowest BCUT2D eigenvalue weighted by atomic mass is 9.93. The summed E-state index contributed by atoms with van der Waals surface area (Å²) < 4.78 is 0. The number of amides is 1. The van der Waals surface area contributed by atoms with Gasteiger partial charge < -0.3 is 15.1 Å². The van der Waals surface area contributed by atoms with Gasteiger partial charge in [0.1, 0.15) is 0 Å². The van der Waals surface area contributed by atoms with Crippen LogP contribution in [0.4, 0.5) is 5.13 Å². The van der Waals surface area contributed by atoms with Gasteiger partial charge in [-0.05, 0) is 31.2 Å². The van der Waals surface area contributed by atoms with Gasteiger partial charge in [-0.1, -0.05) is 6.42 Å². The number of piperazine rings is 1. The highest BCUT2D eigenvalue weighted by Crippen LogP contribution is 2.38. The van der Waals surface area contributed by atoms with Gasteiger partial charge in [-0.15, -0.1) is 11.3 Å². The van der Waals surface area contributed by atoms with Gasteiger partial charge in [0, 0.05) is 37.8 Å². The number of rotatable bonds is 2. The molecule has 3 unspecified atom stereocenters. The molecule has 0 bridgehead atoms. The Morgan fingerprint density at radius 2 is 2.14 bits per heavy atom. The SMILES string of the molecule is O=C(C1NCC2CCCC21)N1CCN(c2nccs2)CC1. The largest absolute Gasteiger partial charge is 0.345 e. The van der Waals surface area contributed by atoms with E-state index in [0.717, 1.165) is 43.8 Å². The minimum absolute atomic E-state index is 0.0870. The Labute approximate surface area is 129 Å². The van der Waals surface area contributed by atoms with Gasteiger partial charge in [-0.3, -0.25) is 4.79 Å². The lowest BCUT2D eigenvalue weighted by molar-refractivity contribution is -0.134. The van der Waals surface area contributed by atoms with Gasteiger partial charge in [-0.2, -0.15) is 0 Å². The Morgan fingerprint density at radius 3 is 2.90 bits per heavy atom. The van der Waals surface area contributed by atoms with E-state index in [9.17, 15) is 4.79 Å². The Morgan fingerprint density at radius 1 is 1.29 bits per heavy atom. The molecule has 1 saturated carbocycles. The molecule has 6 heteroatoms. The fourth-order valence-electron chi connectivity index (χ4n) is 4.14. The predicted molar refractivity (Wildman–Crippen MR) is 83.5 cm³/mol. The van der Waals surface area contributed by atoms with Crippen LogP contribution in [0, 0.1) is 11.8 Å². The smallest absolute Gasteiger partial charge is 0.240 e. The van der Waals surface area contributed by atoms with E-state index >= 15 is 0 Å². The van der Waals surface area contributed by atoms with Gasteiger partial charge in [-0.25, -0.2) is 4.98 Å². The molecule has 0 spiro atoms. The summed E-state index contributed by atoms with van der Waals surface area (Å²) in [5, 5.41) is 6.57. The zero-order valence-corrected chi connectivity index (χ0v) is 13.0. The van der Waals surface area contributed by atoms with E-state index in [4.69, 9.17) is 0 Å². The van der Waals surface area contributed by atoms with Crippen molar-refractivity contribution >= 4 is 22.4 Å². The van der Waals surface area contributed by atoms with E-state index in [1.54, 1.807) is 11.3 Å². The average Bonchev–Trinajstić information content (AvgIpc) is 3.24. The topological polar surface area (TPSA) is 48.5 Å². The van der Waals surface area contributed by atoms with Gasteiger partial charge >= 0.3 is 0 Å². The summed E-state index contributed by atoms with van der Waals surface area (Å²) >= 11 is 1.68. The van der Waals surface area contributed by atoms with Crippen molar-refractivity contribution in [2.45, 2.75) is 25.3 Å². The van der Waals surface area contributed by atoms with Crippen molar-refractivity contribution in [2.24, 2.45) is 11.8 Å². The predicted octanol–water partition coefficient (Wildman–Crippen LogP) is 1.18. The van der Waals surface area contributed by atoms with Crippen LogP contribution in [0.5, 0.6) is 0 Å². The number of carbonyl (C=O) groups excluding carboxylic acids is 1. The van der Waals surface area contributed by atoms with Crippen LogP contribution in [-0.4, -0.2) is 54.6 Å². The molecule has 5 nitrogen and oxygen atoms in total. The van der Waals surface area contributed by atoms with E-state index < -0.39 is 0 Å². The Balaban J connectivity index is 1.36. The van der Waals surface area contributed by atoms with Gasteiger partial charge in [0.15, 0.2) is 5.13 Å². The number of carbonyl (C=O) groups is 1. The fraction of sp³-hybridized carbons (Fsp3) is 0.733. The molecule has 1 aromatic rings. The monoisotopic (exact) mass is 306 g/mol. The van der Waals surface area contributed by atoms with Gasteiger partial charge in [0.25, 0.3) is 0 Å². The molecule has 4 rings (SSSR count). The number of hydrogen-bond acceptors (Lipinski definition) is 5. The molecule has 3 heterocycles. The lowest BCUT2D eigenvalue weighted by Crippen LogP contribution is -2.54. The summed E-state index contributed by atoms with van der Waals surface area (Å²) in [6.45, 7) is 4.50. The highest BCUT2D eigenvalue weighted by atomic mass is 32.1. The lowest BCUT2D eigenvalue weighted by Gasteiger charge is -2.36. The van der Waals surface area contributed by atoms with E-state index in [2.05, 4.69) is 20.1 Å². The maximum Gasteiger partial charge on any atom is 0.240 e. The zero-order chi connectivity index (χ0) is 14.2. The molecule has 3 atom stereocenters. The summed E-state index contributed by atoms with van der Waals surface area (Å²) in [6.07, 6.45) is 5.69. The molecule has 0 radical (unpaired) electrons. The van der Waals surface area contributed by atoms with Crippen LogP contribution in [0.2, 0.25) is 0 Å². The molecule has 1 N–H and O–H groups in total. The van der Waals surface area contributed by atoms with Crippen LogP contribution in [-0.2, 0) is 4.79 Å². The van der Waals surface area contributed by atoms with Gasteiger partial charge in [0.2, 0.25) is 5.91 Å².